The monoisotopic (exact) mass is 271 g/mol. The largest absolute Gasteiger partial charge is 0.335 e. The van der Waals surface area contributed by atoms with Crippen molar-refractivity contribution in [3.63, 3.8) is 0 Å². The Morgan fingerprint density at radius 1 is 1.28 bits per heavy atom. The van der Waals surface area contributed by atoms with Crippen molar-refractivity contribution in [1.29, 1.82) is 0 Å². The molecule has 0 unspecified atom stereocenters. The van der Waals surface area contributed by atoms with Crippen LogP contribution in [0.1, 0.15) is 10.5 Å². The van der Waals surface area contributed by atoms with Gasteiger partial charge in [-0.2, -0.15) is 0 Å². The molecule has 2 rings (SSSR count). The van der Waals surface area contributed by atoms with Gasteiger partial charge in [0.25, 0.3) is 5.91 Å². The van der Waals surface area contributed by atoms with E-state index in [9.17, 15) is 13.2 Å². The smallest absolute Gasteiger partial charge is 0.274 e. The number of carbonyl (C=O) groups is 1. The van der Waals surface area contributed by atoms with Crippen LogP contribution < -0.4 is 11.3 Å². The van der Waals surface area contributed by atoms with Crippen molar-refractivity contribution in [3.8, 4) is 0 Å². The average Bonchev–Trinajstić information content (AvgIpc) is 2.38. The lowest BCUT2D eigenvalue weighted by atomic mass is 10.3. The van der Waals surface area contributed by atoms with E-state index in [1.165, 1.54) is 17.3 Å². The Bertz CT molecular complexity index is 528. The highest BCUT2D eigenvalue weighted by atomic mass is 32.2. The Hall–Kier alpha value is -1.74. The Morgan fingerprint density at radius 3 is 2.44 bits per heavy atom. The van der Waals surface area contributed by atoms with Gasteiger partial charge in [0.05, 0.1) is 23.9 Å². The minimum Gasteiger partial charge on any atom is -0.335 e. The SMILES string of the molecule is NNc1cnc(C(=O)N2CCS(=O)(=O)CC2)cn1. The van der Waals surface area contributed by atoms with E-state index < -0.39 is 9.84 Å². The van der Waals surface area contributed by atoms with Crippen molar-refractivity contribution in [1.82, 2.24) is 14.9 Å². The Balaban J connectivity index is 2.07. The second-order valence-corrected chi connectivity index (χ2v) is 6.18. The van der Waals surface area contributed by atoms with E-state index >= 15 is 0 Å². The number of nitrogens with zero attached hydrogens (tertiary/aromatic N) is 3. The molecule has 1 fully saturated rings. The second-order valence-electron chi connectivity index (χ2n) is 3.88. The first-order chi connectivity index (χ1) is 8.52. The number of nitrogens with two attached hydrogens (primary N) is 1. The number of sulfone groups is 1. The summed E-state index contributed by atoms with van der Waals surface area (Å²) in [5.41, 5.74) is 2.48. The zero-order valence-electron chi connectivity index (χ0n) is 9.54. The molecule has 9 heteroatoms. The molecule has 0 atom stereocenters. The van der Waals surface area contributed by atoms with Gasteiger partial charge in [0.1, 0.15) is 5.69 Å². The van der Waals surface area contributed by atoms with Gasteiger partial charge in [0, 0.05) is 13.1 Å². The average molecular weight is 271 g/mol. The molecule has 0 radical (unpaired) electrons. The van der Waals surface area contributed by atoms with E-state index in [2.05, 4.69) is 15.4 Å². The van der Waals surface area contributed by atoms with Gasteiger partial charge >= 0.3 is 0 Å². The number of hydrogen-bond donors (Lipinski definition) is 2. The number of hydrogen-bond acceptors (Lipinski definition) is 7. The van der Waals surface area contributed by atoms with Crippen LogP contribution in [0.3, 0.4) is 0 Å². The van der Waals surface area contributed by atoms with Gasteiger partial charge in [-0.25, -0.2) is 24.2 Å². The summed E-state index contributed by atoms with van der Waals surface area (Å²) in [5, 5.41) is 0. The molecule has 1 aromatic heterocycles. The molecule has 0 spiro atoms. The summed E-state index contributed by atoms with van der Waals surface area (Å²) < 4.78 is 22.5. The molecular formula is C9H13N5O3S. The molecule has 1 aliphatic rings. The fraction of sp³-hybridized carbons (Fsp3) is 0.444. The van der Waals surface area contributed by atoms with E-state index in [4.69, 9.17) is 5.84 Å². The summed E-state index contributed by atoms with van der Waals surface area (Å²) in [6.45, 7) is 0.388. The van der Waals surface area contributed by atoms with E-state index in [1.54, 1.807) is 0 Å². The molecular weight excluding hydrogens is 258 g/mol. The first-order valence-electron chi connectivity index (χ1n) is 5.30. The first kappa shape index (κ1) is 12.7. The molecule has 1 saturated heterocycles. The van der Waals surface area contributed by atoms with Crippen LogP contribution in [0.2, 0.25) is 0 Å². The molecule has 0 bridgehead atoms. The summed E-state index contributed by atoms with van der Waals surface area (Å²) in [6, 6.07) is 0. The number of aromatic nitrogens is 2. The van der Waals surface area contributed by atoms with Crippen molar-refractivity contribution in [2.24, 2.45) is 5.84 Å². The number of carbonyl (C=O) groups excluding carboxylic acids is 1. The minimum atomic E-state index is -3.00. The zero-order chi connectivity index (χ0) is 13.2. The van der Waals surface area contributed by atoms with Gasteiger partial charge in [0.15, 0.2) is 15.7 Å². The highest BCUT2D eigenvalue weighted by Gasteiger charge is 2.26. The molecule has 0 aromatic carbocycles. The third-order valence-corrected chi connectivity index (χ3v) is 4.26. The molecule has 98 valence electrons. The van der Waals surface area contributed by atoms with Crippen molar-refractivity contribution >= 4 is 21.6 Å². The second kappa shape index (κ2) is 4.86. The van der Waals surface area contributed by atoms with Crippen LogP contribution >= 0.6 is 0 Å². The van der Waals surface area contributed by atoms with Gasteiger partial charge < -0.3 is 10.3 Å². The number of nitrogen functional groups attached to an aromatic ring is 1. The fourth-order valence-corrected chi connectivity index (χ4v) is 2.79. The van der Waals surface area contributed by atoms with Gasteiger partial charge in [-0.3, -0.25) is 4.79 Å². The number of amides is 1. The van der Waals surface area contributed by atoms with Crippen LogP contribution in [-0.4, -0.2) is 53.8 Å². The predicted octanol–water partition coefficient (Wildman–Crippen LogP) is -1.37. The standard InChI is InChI=1S/C9H13N5O3S/c10-13-8-6-11-7(5-12-8)9(15)14-1-3-18(16,17)4-2-14/h5-6H,1-4,10H2,(H,12,13). The van der Waals surface area contributed by atoms with E-state index in [-0.39, 0.29) is 36.2 Å². The van der Waals surface area contributed by atoms with E-state index in [1.807, 2.05) is 0 Å². The molecule has 0 aliphatic carbocycles. The topological polar surface area (TPSA) is 118 Å². The molecule has 3 N–H and O–H groups in total. The number of anilines is 1. The highest BCUT2D eigenvalue weighted by molar-refractivity contribution is 7.91. The van der Waals surface area contributed by atoms with Crippen LogP contribution in [0.5, 0.6) is 0 Å². The maximum atomic E-state index is 12.0. The molecule has 1 aliphatic heterocycles. The van der Waals surface area contributed by atoms with Crippen LogP contribution in [0, 0.1) is 0 Å². The van der Waals surface area contributed by atoms with Crippen LogP contribution in [0.15, 0.2) is 12.4 Å². The van der Waals surface area contributed by atoms with Crippen LogP contribution in [-0.2, 0) is 9.84 Å². The number of hydrazine groups is 1. The maximum Gasteiger partial charge on any atom is 0.274 e. The van der Waals surface area contributed by atoms with Crippen LogP contribution in [0.4, 0.5) is 5.82 Å². The summed E-state index contributed by atoms with van der Waals surface area (Å²) in [7, 11) is -3.00. The molecule has 1 amide bonds. The molecule has 8 nitrogen and oxygen atoms in total. The van der Waals surface area contributed by atoms with Gasteiger partial charge in [-0.15, -0.1) is 0 Å². The predicted molar refractivity (Wildman–Crippen MR) is 64.4 cm³/mol. The van der Waals surface area contributed by atoms with Crippen molar-refractivity contribution < 1.29 is 13.2 Å². The van der Waals surface area contributed by atoms with Crippen LogP contribution in [0.25, 0.3) is 0 Å². The molecule has 1 aromatic rings. The first-order valence-corrected chi connectivity index (χ1v) is 7.12. The maximum absolute atomic E-state index is 12.0. The molecule has 18 heavy (non-hydrogen) atoms. The summed E-state index contributed by atoms with van der Waals surface area (Å²) in [6.07, 6.45) is 2.65. The van der Waals surface area contributed by atoms with Gasteiger partial charge in [-0.1, -0.05) is 0 Å². The Morgan fingerprint density at radius 2 is 1.94 bits per heavy atom. The Kier molecular flexibility index (Phi) is 3.43. The summed E-state index contributed by atoms with van der Waals surface area (Å²) in [4.78, 5) is 21.2. The highest BCUT2D eigenvalue weighted by Crippen LogP contribution is 2.08. The van der Waals surface area contributed by atoms with Gasteiger partial charge in [0.2, 0.25) is 0 Å². The summed E-state index contributed by atoms with van der Waals surface area (Å²) in [5.74, 6) is 5.16. The quantitative estimate of drug-likeness (QED) is 0.503. The van der Waals surface area contributed by atoms with Crippen molar-refractivity contribution in [2.45, 2.75) is 0 Å². The third-order valence-electron chi connectivity index (χ3n) is 2.65. The lowest BCUT2D eigenvalue weighted by Gasteiger charge is -2.26. The van der Waals surface area contributed by atoms with Crippen molar-refractivity contribution in [3.05, 3.63) is 18.1 Å². The number of rotatable bonds is 2. The zero-order valence-corrected chi connectivity index (χ0v) is 10.4. The summed E-state index contributed by atoms with van der Waals surface area (Å²) >= 11 is 0. The Labute approximate surface area is 104 Å². The lowest BCUT2D eigenvalue weighted by Crippen LogP contribution is -2.44. The van der Waals surface area contributed by atoms with Crippen molar-refractivity contribution in [2.75, 3.05) is 30.0 Å². The fourth-order valence-electron chi connectivity index (χ4n) is 1.59. The lowest BCUT2D eigenvalue weighted by molar-refractivity contribution is 0.0764. The van der Waals surface area contributed by atoms with Gasteiger partial charge in [-0.05, 0) is 0 Å². The number of nitrogens with one attached hydrogen (secondary N) is 1. The normalized spacial score (nSPS) is 18.4. The minimum absolute atomic E-state index is 0.00535. The molecule has 2 heterocycles. The third kappa shape index (κ3) is 2.74. The van der Waals surface area contributed by atoms with E-state index in [0.717, 1.165) is 0 Å². The van der Waals surface area contributed by atoms with E-state index in [0.29, 0.717) is 5.82 Å². The molecule has 0 saturated carbocycles.